The zero-order valence-corrected chi connectivity index (χ0v) is 13.1. The summed E-state index contributed by atoms with van der Waals surface area (Å²) in [5, 5.41) is 0. The van der Waals surface area contributed by atoms with E-state index in [1.165, 1.54) is 0 Å². The van der Waals surface area contributed by atoms with Crippen LogP contribution in [0.25, 0.3) is 0 Å². The van der Waals surface area contributed by atoms with Crippen molar-refractivity contribution in [1.82, 2.24) is 8.61 Å². The Bertz CT molecular complexity index is 396. The van der Waals surface area contributed by atoms with Crippen LogP contribution in [0.5, 0.6) is 0 Å². The van der Waals surface area contributed by atoms with Crippen molar-refractivity contribution in [3.8, 4) is 0 Å². The molecule has 2 saturated heterocycles. The van der Waals surface area contributed by atoms with Crippen molar-refractivity contribution in [2.24, 2.45) is 5.73 Å². The molecule has 0 amide bonds. The number of nitrogens with two attached hydrogens (primary N) is 1. The minimum Gasteiger partial charge on any atom is -0.377 e. The molecule has 2 atom stereocenters. The molecule has 0 aromatic rings. The third kappa shape index (κ3) is 3.51. The Morgan fingerprint density at radius 1 is 1.30 bits per heavy atom. The molecular formula is C13H27N3O3S. The molecule has 0 bridgehead atoms. The first-order valence-electron chi connectivity index (χ1n) is 7.68. The Balaban J connectivity index is 2.08. The van der Waals surface area contributed by atoms with Crippen LogP contribution >= 0.6 is 0 Å². The van der Waals surface area contributed by atoms with Gasteiger partial charge in [-0.3, -0.25) is 0 Å². The van der Waals surface area contributed by atoms with Crippen LogP contribution in [0.4, 0.5) is 0 Å². The van der Waals surface area contributed by atoms with Crippen molar-refractivity contribution in [3.05, 3.63) is 0 Å². The summed E-state index contributed by atoms with van der Waals surface area (Å²) in [6.07, 6.45) is 4.88. The molecule has 2 aliphatic rings. The monoisotopic (exact) mass is 305 g/mol. The van der Waals surface area contributed by atoms with E-state index in [1.54, 1.807) is 8.61 Å². The van der Waals surface area contributed by atoms with Crippen LogP contribution < -0.4 is 5.73 Å². The molecule has 2 rings (SSSR count). The SMILES string of the molecule is CCN(CC1CCCO1)S(=O)(=O)N1CCCCC1CN. The number of ether oxygens (including phenoxy) is 1. The Hall–Kier alpha value is -0.210. The number of rotatable bonds is 6. The molecule has 6 nitrogen and oxygen atoms in total. The topological polar surface area (TPSA) is 75.9 Å². The average Bonchev–Trinajstić information content (AvgIpc) is 2.97. The Morgan fingerprint density at radius 2 is 2.10 bits per heavy atom. The fourth-order valence-corrected chi connectivity index (χ4v) is 4.97. The number of likely N-dealkylation sites (N-methyl/N-ethyl adjacent to an activating group) is 1. The van der Waals surface area contributed by atoms with Crippen LogP contribution in [0.1, 0.15) is 39.0 Å². The van der Waals surface area contributed by atoms with E-state index in [9.17, 15) is 8.42 Å². The Morgan fingerprint density at radius 3 is 2.70 bits per heavy atom. The highest BCUT2D eigenvalue weighted by molar-refractivity contribution is 7.86. The zero-order chi connectivity index (χ0) is 14.6. The Labute approximate surface area is 122 Å². The van der Waals surface area contributed by atoms with Gasteiger partial charge >= 0.3 is 0 Å². The van der Waals surface area contributed by atoms with Gasteiger partial charge in [0.1, 0.15) is 0 Å². The quantitative estimate of drug-likeness (QED) is 0.777. The van der Waals surface area contributed by atoms with Crippen LogP contribution in [-0.4, -0.2) is 62.0 Å². The number of nitrogens with zero attached hydrogens (tertiary/aromatic N) is 2. The third-order valence-electron chi connectivity index (χ3n) is 4.25. The van der Waals surface area contributed by atoms with Gasteiger partial charge in [-0.25, -0.2) is 0 Å². The summed E-state index contributed by atoms with van der Waals surface area (Å²) in [5.41, 5.74) is 5.75. The van der Waals surface area contributed by atoms with Crippen molar-refractivity contribution in [1.29, 1.82) is 0 Å². The van der Waals surface area contributed by atoms with E-state index in [0.717, 1.165) is 38.7 Å². The fourth-order valence-electron chi connectivity index (χ4n) is 3.06. The van der Waals surface area contributed by atoms with Crippen molar-refractivity contribution >= 4 is 10.2 Å². The first-order chi connectivity index (χ1) is 9.59. The smallest absolute Gasteiger partial charge is 0.282 e. The lowest BCUT2D eigenvalue weighted by Gasteiger charge is -2.37. The number of hydrogen-bond acceptors (Lipinski definition) is 4. The highest BCUT2D eigenvalue weighted by atomic mass is 32.2. The van der Waals surface area contributed by atoms with Gasteiger partial charge in [-0.2, -0.15) is 17.0 Å². The highest BCUT2D eigenvalue weighted by Gasteiger charge is 2.36. The minimum atomic E-state index is -3.42. The van der Waals surface area contributed by atoms with E-state index < -0.39 is 10.2 Å². The molecule has 2 heterocycles. The number of hydrogen-bond donors (Lipinski definition) is 1. The van der Waals surface area contributed by atoms with Crippen LogP contribution in [0.3, 0.4) is 0 Å². The molecule has 0 saturated carbocycles. The second-order valence-electron chi connectivity index (χ2n) is 5.59. The Kier molecular flexibility index (Phi) is 5.80. The summed E-state index contributed by atoms with van der Waals surface area (Å²) < 4.78 is 34.4. The normalized spacial score (nSPS) is 29.1. The molecule has 0 aromatic heterocycles. The molecule has 0 radical (unpaired) electrons. The molecular weight excluding hydrogens is 278 g/mol. The van der Waals surface area contributed by atoms with Gasteiger partial charge in [0.2, 0.25) is 0 Å². The van der Waals surface area contributed by atoms with Crippen molar-refractivity contribution in [3.63, 3.8) is 0 Å². The maximum atomic E-state index is 12.8. The summed E-state index contributed by atoms with van der Waals surface area (Å²) in [4.78, 5) is 0. The zero-order valence-electron chi connectivity index (χ0n) is 12.3. The van der Waals surface area contributed by atoms with Crippen LogP contribution in [0, 0.1) is 0 Å². The molecule has 2 unspecified atom stereocenters. The molecule has 2 N–H and O–H groups in total. The standard InChI is InChI=1S/C13H27N3O3S/c1-2-15(11-13-7-5-9-19-13)20(17,18)16-8-4-3-6-12(16)10-14/h12-13H,2-11,14H2,1H3. The maximum Gasteiger partial charge on any atom is 0.282 e. The average molecular weight is 305 g/mol. The lowest BCUT2D eigenvalue weighted by Crippen LogP contribution is -2.54. The van der Waals surface area contributed by atoms with E-state index in [0.29, 0.717) is 26.2 Å². The fraction of sp³-hybridized carbons (Fsp3) is 1.00. The number of piperidine rings is 1. The summed E-state index contributed by atoms with van der Waals surface area (Å²) >= 11 is 0. The lowest BCUT2D eigenvalue weighted by atomic mass is 10.1. The molecule has 0 aromatic carbocycles. The van der Waals surface area contributed by atoms with Gasteiger partial charge in [0.15, 0.2) is 0 Å². The van der Waals surface area contributed by atoms with Crippen LogP contribution in [-0.2, 0) is 14.9 Å². The van der Waals surface area contributed by atoms with E-state index in [2.05, 4.69) is 0 Å². The lowest BCUT2D eigenvalue weighted by molar-refractivity contribution is 0.0919. The second kappa shape index (κ2) is 7.17. The van der Waals surface area contributed by atoms with Gasteiger partial charge in [-0.15, -0.1) is 0 Å². The van der Waals surface area contributed by atoms with Crippen LogP contribution in [0.2, 0.25) is 0 Å². The molecule has 7 heteroatoms. The van der Waals surface area contributed by atoms with Crippen LogP contribution in [0.15, 0.2) is 0 Å². The minimum absolute atomic E-state index is 0.0471. The largest absolute Gasteiger partial charge is 0.377 e. The summed E-state index contributed by atoms with van der Waals surface area (Å²) in [7, 11) is -3.42. The molecule has 0 aliphatic carbocycles. The predicted octanol–water partition coefficient (Wildman–Crippen LogP) is 0.545. The van der Waals surface area contributed by atoms with E-state index in [-0.39, 0.29) is 12.1 Å². The molecule has 0 spiro atoms. The third-order valence-corrected chi connectivity index (χ3v) is 6.39. The van der Waals surface area contributed by atoms with Gasteiger partial charge in [-0.1, -0.05) is 13.3 Å². The predicted molar refractivity (Wildman–Crippen MR) is 78.5 cm³/mol. The molecule has 20 heavy (non-hydrogen) atoms. The summed E-state index contributed by atoms with van der Waals surface area (Å²) in [6, 6.07) is -0.0488. The van der Waals surface area contributed by atoms with Crippen molar-refractivity contribution < 1.29 is 13.2 Å². The second-order valence-corrected chi connectivity index (χ2v) is 7.47. The first kappa shape index (κ1) is 16.2. The van der Waals surface area contributed by atoms with Crippen molar-refractivity contribution in [2.45, 2.75) is 51.2 Å². The maximum absolute atomic E-state index is 12.8. The van der Waals surface area contributed by atoms with Crippen molar-refractivity contribution in [2.75, 3.05) is 32.8 Å². The van der Waals surface area contributed by atoms with E-state index >= 15 is 0 Å². The molecule has 118 valence electrons. The first-order valence-corrected chi connectivity index (χ1v) is 9.08. The van der Waals surface area contributed by atoms with Gasteiger partial charge in [0.05, 0.1) is 6.10 Å². The van der Waals surface area contributed by atoms with Gasteiger partial charge in [-0.05, 0) is 25.7 Å². The van der Waals surface area contributed by atoms with Gasteiger partial charge in [0.25, 0.3) is 10.2 Å². The van der Waals surface area contributed by atoms with E-state index in [4.69, 9.17) is 10.5 Å². The molecule has 2 aliphatic heterocycles. The van der Waals surface area contributed by atoms with Gasteiger partial charge in [0, 0.05) is 38.8 Å². The molecule has 2 fully saturated rings. The van der Waals surface area contributed by atoms with E-state index in [1.807, 2.05) is 6.92 Å². The van der Waals surface area contributed by atoms with Gasteiger partial charge < -0.3 is 10.5 Å². The summed E-state index contributed by atoms with van der Waals surface area (Å²) in [6.45, 7) is 4.57. The summed E-state index contributed by atoms with van der Waals surface area (Å²) in [5.74, 6) is 0. The highest BCUT2D eigenvalue weighted by Crippen LogP contribution is 2.23.